The smallest absolute Gasteiger partial charge is 0.137 e. The Kier molecular flexibility index (Phi) is 3.80. The standard InChI is InChI=1S/C15H13BrFN3/c16-14-4-3-12(17)6-10(14)7-18-8-11-9-20-15-13(11)2-1-5-19-15/h1-6,9,18H,7-8H2,(H,19,20). The van der Waals surface area contributed by atoms with Gasteiger partial charge in [0.2, 0.25) is 0 Å². The van der Waals surface area contributed by atoms with E-state index in [2.05, 4.69) is 31.2 Å². The van der Waals surface area contributed by atoms with Crippen LogP contribution in [0.1, 0.15) is 11.1 Å². The molecule has 3 aromatic rings. The molecule has 0 fully saturated rings. The van der Waals surface area contributed by atoms with E-state index in [1.165, 1.54) is 12.1 Å². The number of rotatable bonds is 4. The molecule has 0 radical (unpaired) electrons. The highest BCUT2D eigenvalue weighted by Crippen LogP contribution is 2.19. The van der Waals surface area contributed by atoms with E-state index in [0.717, 1.165) is 26.6 Å². The highest BCUT2D eigenvalue weighted by Gasteiger charge is 2.05. The van der Waals surface area contributed by atoms with Crippen molar-refractivity contribution in [2.45, 2.75) is 13.1 Å². The lowest BCUT2D eigenvalue weighted by Gasteiger charge is -2.06. The molecule has 0 atom stereocenters. The van der Waals surface area contributed by atoms with Gasteiger partial charge < -0.3 is 10.3 Å². The fourth-order valence-electron chi connectivity index (χ4n) is 2.17. The van der Waals surface area contributed by atoms with Crippen molar-refractivity contribution in [3.05, 3.63) is 64.1 Å². The van der Waals surface area contributed by atoms with Crippen molar-refractivity contribution in [3.63, 3.8) is 0 Å². The molecule has 0 amide bonds. The number of benzene rings is 1. The molecule has 102 valence electrons. The fourth-order valence-corrected chi connectivity index (χ4v) is 2.56. The number of hydrogen-bond acceptors (Lipinski definition) is 2. The molecule has 0 spiro atoms. The third-order valence-electron chi connectivity index (χ3n) is 3.18. The molecule has 5 heteroatoms. The second-order valence-corrected chi connectivity index (χ2v) is 5.41. The van der Waals surface area contributed by atoms with Crippen LogP contribution in [0.5, 0.6) is 0 Å². The van der Waals surface area contributed by atoms with Crippen LogP contribution in [-0.2, 0) is 13.1 Å². The quantitative estimate of drug-likeness (QED) is 0.763. The van der Waals surface area contributed by atoms with Crippen LogP contribution in [0.4, 0.5) is 4.39 Å². The fraction of sp³-hybridized carbons (Fsp3) is 0.133. The summed E-state index contributed by atoms with van der Waals surface area (Å²) in [6.45, 7) is 1.31. The number of aromatic amines is 1. The second kappa shape index (κ2) is 5.73. The Morgan fingerprint density at radius 3 is 2.95 bits per heavy atom. The monoisotopic (exact) mass is 333 g/mol. The van der Waals surface area contributed by atoms with Gasteiger partial charge in [-0.25, -0.2) is 9.37 Å². The van der Waals surface area contributed by atoms with Crippen molar-refractivity contribution < 1.29 is 4.39 Å². The van der Waals surface area contributed by atoms with E-state index in [4.69, 9.17) is 0 Å². The lowest BCUT2D eigenvalue weighted by atomic mass is 10.2. The van der Waals surface area contributed by atoms with Gasteiger partial charge in [-0.3, -0.25) is 0 Å². The molecule has 0 bridgehead atoms. The van der Waals surface area contributed by atoms with Crippen molar-refractivity contribution in [2.75, 3.05) is 0 Å². The number of pyridine rings is 1. The molecule has 0 aliphatic carbocycles. The molecule has 2 heterocycles. The third-order valence-corrected chi connectivity index (χ3v) is 3.95. The first-order valence-electron chi connectivity index (χ1n) is 6.29. The molecule has 0 unspecified atom stereocenters. The average molecular weight is 334 g/mol. The van der Waals surface area contributed by atoms with E-state index < -0.39 is 0 Å². The van der Waals surface area contributed by atoms with E-state index in [1.807, 2.05) is 18.3 Å². The van der Waals surface area contributed by atoms with E-state index in [0.29, 0.717) is 13.1 Å². The van der Waals surface area contributed by atoms with E-state index in [-0.39, 0.29) is 5.82 Å². The summed E-state index contributed by atoms with van der Waals surface area (Å²) in [5.41, 5.74) is 2.94. The summed E-state index contributed by atoms with van der Waals surface area (Å²) in [5.74, 6) is -0.221. The molecule has 1 aromatic carbocycles. The van der Waals surface area contributed by atoms with Crippen molar-refractivity contribution in [1.29, 1.82) is 0 Å². The number of fused-ring (bicyclic) bond motifs is 1. The molecule has 3 rings (SSSR count). The Morgan fingerprint density at radius 1 is 1.20 bits per heavy atom. The molecule has 0 saturated carbocycles. The molecular formula is C15H13BrFN3. The SMILES string of the molecule is Fc1ccc(Br)c(CNCc2c[nH]c3ncccc23)c1. The van der Waals surface area contributed by atoms with Gasteiger partial charge >= 0.3 is 0 Å². The molecule has 2 aromatic heterocycles. The number of H-pyrrole nitrogens is 1. The van der Waals surface area contributed by atoms with Crippen molar-refractivity contribution in [3.8, 4) is 0 Å². The Morgan fingerprint density at radius 2 is 2.05 bits per heavy atom. The first kappa shape index (κ1) is 13.3. The maximum absolute atomic E-state index is 13.2. The lowest BCUT2D eigenvalue weighted by molar-refractivity contribution is 0.619. The van der Waals surface area contributed by atoms with Gasteiger partial charge in [-0.15, -0.1) is 0 Å². The summed E-state index contributed by atoms with van der Waals surface area (Å²) >= 11 is 3.43. The first-order chi connectivity index (χ1) is 9.74. The molecule has 3 nitrogen and oxygen atoms in total. The van der Waals surface area contributed by atoms with Gasteiger partial charge in [0.1, 0.15) is 11.5 Å². The van der Waals surface area contributed by atoms with Crippen LogP contribution in [0.3, 0.4) is 0 Å². The number of nitrogens with one attached hydrogen (secondary N) is 2. The Balaban J connectivity index is 1.69. The largest absolute Gasteiger partial charge is 0.346 e. The van der Waals surface area contributed by atoms with Crippen molar-refractivity contribution >= 4 is 27.0 Å². The van der Waals surface area contributed by atoms with Crippen LogP contribution in [0, 0.1) is 5.82 Å². The minimum Gasteiger partial charge on any atom is -0.346 e. The molecule has 20 heavy (non-hydrogen) atoms. The predicted octanol–water partition coefficient (Wildman–Crippen LogP) is 3.75. The molecule has 0 aliphatic rings. The van der Waals surface area contributed by atoms with Gasteiger partial charge in [-0.05, 0) is 41.5 Å². The highest BCUT2D eigenvalue weighted by atomic mass is 79.9. The Hall–Kier alpha value is -1.72. The Labute approximate surface area is 124 Å². The van der Waals surface area contributed by atoms with Crippen LogP contribution < -0.4 is 5.32 Å². The van der Waals surface area contributed by atoms with Crippen LogP contribution in [0.25, 0.3) is 11.0 Å². The first-order valence-corrected chi connectivity index (χ1v) is 7.09. The van der Waals surface area contributed by atoms with E-state index >= 15 is 0 Å². The molecule has 0 aliphatic heterocycles. The third kappa shape index (κ3) is 2.73. The van der Waals surface area contributed by atoms with Crippen LogP contribution in [0.15, 0.2) is 47.2 Å². The zero-order chi connectivity index (χ0) is 13.9. The van der Waals surface area contributed by atoms with Gasteiger partial charge in [-0.2, -0.15) is 0 Å². The zero-order valence-electron chi connectivity index (χ0n) is 10.7. The maximum atomic E-state index is 13.2. The summed E-state index contributed by atoms with van der Waals surface area (Å²) in [7, 11) is 0. The zero-order valence-corrected chi connectivity index (χ0v) is 12.2. The van der Waals surface area contributed by atoms with Crippen LogP contribution in [-0.4, -0.2) is 9.97 Å². The summed E-state index contributed by atoms with van der Waals surface area (Å²) in [6, 6.07) is 8.66. The van der Waals surface area contributed by atoms with Crippen LogP contribution >= 0.6 is 15.9 Å². The molecular weight excluding hydrogens is 321 g/mol. The number of hydrogen-bond donors (Lipinski definition) is 2. The van der Waals surface area contributed by atoms with Gasteiger partial charge in [0.15, 0.2) is 0 Å². The summed E-state index contributed by atoms with van der Waals surface area (Å²) in [5, 5.41) is 4.43. The van der Waals surface area contributed by atoms with Crippen molar-refractivity contribution in [2.24, 2.45) is 0 Å². The average Bonchev–Trinajstić information content (AvgIpc) is 2.86. The summed E-state index contributed by atoms with van der Waals surface area (Å²) in [6.07, 6.45) is 3.71. The van der Waals surface area contributed by atoms with Gasteiger partial charge in [0.25, 0.3) is 0 Å². The van der Waals surface area contributed by atoms with E-state index in [1.54, 1.807) is 12.3 Å². The minimum atomic E-state index is -0.221. The van der Waals surface area contributed by atoms with Crippen molar-refractivity contribution in [1.82, 2.24) is 15.3 Å². The maximum Gasteiger partial charge on any atom is 0.137 e. The minimum absolute atomic E-state index is 0.221. The lowest BCUT2D eigenvalue weighted by Crippen LogP contribution is -2.13. The van der Waals surface area contributed by atoms with E-state index in [9.17, 15) is 4.39 Å². The number of nitrogens with zero attached hydrogens (tertiary/aromatic N) is 1. The summed E-state index contributed by atoms with van der Waals surface area (Å²) in [4.78, 5) is 7.39. The van der Waals surface area contributed by atoms with Crippen LogP contribution in [0.2, 0.25) is 0 Å². The highest BCUT2D eigenvalue weighted by molar-refractivity contribution is 9.10. The Bertz CT molecular complexity index is 739. The topological polar surface area (TPSA) is 40.7 Å². The predicted molar refractivity (Wildman–Crippen MR) is 80.7 cm³/mol. The summed E-state index contributed by atoms with van der Waals surface area (Å²) < 4.78 is 14.1. The molecule has 2 N–H and O–H groups in total. The normalized spacial score (nSPS) is 11.1. The van der Waals surface area contributed by atoms with Gasteiger partial charge in [-0.1, -0.05) is 15.9 Å². The number of aromatic nitrogens is 2. The second-order valence-electron chi connectivity index (χ2n) is 4.55. The molecule has 0 saturated heterocycles. The van der Waals surface area contributed by atoms with Gasteiger partial charge in [0, 0.05) is 35.3 Å². The van der Waals surface area contributed by atoms with Gasteiger partial charge in [0.05, 0.1) is 0 Å². The number of halogens is 2.